The molecule has 0 spiro atoms. The number of rotatable bonds is 8. The van der Waals surface area contributed by atoms with E-state index in [1.165, 1.54) is 25.3 Å². The van der Waals surface area contributed by atoms with Gasteiger partial charge in [-0.15, -0.1) is 0 Å². The number of hydrogen-bond acceptors (Lipinski definition) is 7. The molecule has 2 aromatic rings. The van der Waals surface area contributed by atoms with Gasteiger partial charge in [0.2, 0.25) is 10.0 Å². The molecule has 1 amide bonds. The lowest BCUT2D eigenvalue weighted by Gasteiger charge is -2.33. The van der Waals surface area contributed by atoms with Crippen LogP contribution in [0.25, 0.3) is 0 Å². The van der Waals surface area contributed by atoms with E-state index in [9.17, 15) is 21.6 Å². The molecule has 1 heterocycles. The number of ether oxygens (including phenoxy) is 2. The molecular weight excluding hydrogens is 506 g/mol. The molecule has 36 heavy (non-hydrogen) atoms. The Balaban J connectivity index is 1.63. The summed E-state index contributed by atoms with van der Waals surface area (Å²) < 4.78 is 67.2. The Morgan fingerprint density at radius 3 is 2.19 bits per heavy atom. The number of amides is 1. The first-order valence-electron chi connectivity index (χ1n) is 11.5. The molecule has 2 N–H and O–H groups in total. The molecule has 0 radical (unpaired) electrons. The van der Waals surface area contributed by atoms with Gasteiger partial charge < -0.3 is 14.4 Å². The van der Waals surface area contributed by atoms with Crippen molar-refractivity contribution in [3.63, 3.8) is 0 Å². The van der Waals surface area contributed by atoms with Gasteiger partial charge in [0.15, 0.2) is 0 Å². The molecule has 3 rings (SSSR count). The van der Waals surface area contributed by atoms with E-state index in [1.54, 1.807) is 49.9 Å². The topological polar surface area (TPSA) is 131 Å². The highest BCUT2D eigenvalue weighted by Crippen LogP contribution is 2.27. The molecule has 12 heteroatoms. The predicted octanol–water partition coefficient (Wildman–Crippen LogP) is 3.42. The number of carbonyl (C=O) groups excluding carboxylic acids is 1. The zero-order valence-corrected chi connectivity index (χ0v) is 22.5. The van der Waals surface area contributed by atoms with Crippen molar-refractivity contribution in [2.45, 2.75) is 49.0 Å². The van der Waals surface area contributed by atoms with Crippen LogP contribution in [-0.4, -0.2) is 60.2 Å². The van der Waals surface area contributed by atoms with E-state index in [4.69, 9.17) is 9.47 Å². The smallest absolute Gasteiger partial charge is 0.410 e. The van der Waals surface area contributed by atoms with Crippen molar-refractivity contribution >= 4 is 31.8 Å². The van der Waals surface area contributed by atoms with Gasteiger partial charge in [0, 0.05) is 19.6 Å². The van der Waals surface area contributed by atoms with E-state index in [0.29, 0.717) is 31.7 Å². The highest BCUT2D eigenvalue weighted by molar-refractivity contribution is 7.93. The van der Waals surface area contributed by atoms with Crippen LogP contribution >= 0.6 is 0 Å². The van der Waals surface area contributed by atoms with Gasteiger partial charge in [0.05, 0.1) is 22.6 Å². The summed E-state index contributed by atoms with van der Waals surface area (Å²) >= 11 is 0. The van der Waals surface area contributed by atoms with Gasteiger partial charge in [-0.05, 0) is 69.9 Å². The number of hydrogen-bond donors (Lipinski definition) is 2. The second-order valence-corrected chi connectivity index (χ2v) is 13.0. The van der Waals surface area contributed by atoms with Crippen LogP contribution in [-0.2, 0) is 24.8 Å². The third-order valence-electron chi connectivity index (χ3n) is 5.61. The van der Waals surface area contributed by atoms with Crippen molar-refractivity contribution in [2.75, 3.05) is 31.5 Å². The van der Waals surface area contributed by atoms with Crippen LogP contribution in [0.4, 0.5) is 10.5 Å². The van der Waals surface area contributed by atoms with Crippen molar-refractivity contribution in [1.29, 1.82) is 0 Å². The minimum absolute atomic E-state index is 0.0394. The van der Waals surface area contributed by atoms with Crippen LogP contribution < -0.4 is 14.2 Å². The largest absolute Gasteiger partial charge is 0.495 e. The number of likely N-dealkylation sites (tertiary alicyclic amines) is 1. The zero-order chi connectivity index (χ0) is 26.6. The van der Waals surface area contributed by atoms with E-state index < -0.39 is 25.6 Å². The second kappa shape index (κ2) is 11.1. The molecule has 0 bridgehead atoms. The van der Waals surface area contributed by atoms with E-state index in [2.05, 4.69) is 9.44 Å². The number of nitrogens with one attached hydrogen (secondary N) is 2. The molecule has 1 saturated heterocycles. The minimum Gasteiger partial charge on any atom is -0.495 e. The fourth-order valence-electron chi connectivity index (χ4n) is 3.70. The van der Waals surface area contributed by atoms with Crippen LogP contribution in [0.2, 0.25) is 0 Å². The lowest BCUT2D eigenvalue weighted by Crippen LogP contribution is -2.43. The van der Waals surface area contributed by atoms with Gasteiger partial charge >= 0.3 is 6.09 Å². The van der Waals surface area contributed by atoms with Crippen molar-refractivity contribution in [1.82, 2.24) is 9.62 Å². The highest BCUT2D eigenvalue weighted by atomic mass is 32.2. The van der Waals surface area contributed by atoms with E-state index >= 15 is 0 Å². The van der Waals surface area contributed by atoms with Crippen molar-refractivity contribution in [2.24, 2.45) is 5.92 Å². The summed E-state index contributed by atoms with van der Waals surface area (Å²) in [4.78, 5) is 13.5. The fraction of sp³-hybridized carbons (Fsp3) is 0.458. The Kier molecular flexibility index (Phi) is 8.52. The van der Waals surface area contributed by atoms with Gasteiger partial charge in [0.1, 0.15) is 11.4 Å². The van der Waals surface area contributed by atoms with E-state index in [0.717, 1.165) is 6.07 Å². The first-order valence-corrected chi connectivity index (χ1v) is 14.5. The average molecular weight is 540 g/mol. The Bertz CT molecular complexity index is 1280. The van der Waals surface area contributed by atoms with E-state index in [-0.39, 0.29) is 34.0 Å². The molecule has 1 aliphatic rings. The van der Waals surface area contributed by atoms with Crippen LogP contribution in [0.3, 0.4) is 0 Å². The zero-order valence-electron chi connectivity index (χ0n) is 20.9. The SMILES string of the molecule is COc1ccccc1NS(=O)(=O)c1cccc(S(=O)(=O)NCC2CCN(C(=O)OC(C)(C)C)CC2)c1. The van der Waals surface area contributed by atoms with Gasteiger partial charge in [-0.2, -0.15) is 0 Å². The second-order valence-electron chi connectivity index (χ2n) is 9.54. The summed E-state index contributed by atoms with van der Waals surface area (Å²) in [7, 11) is -6.59. The third-order valence-corrected chi connectivity index (χ3v) is 8.39. The Hall–Kier alpha value is -2.83. The van der Waals surface area contributed by atoms with E-state index in [1.807, 2.05) is 0 Å². The van der Waals surface area contributed by atoms with Gasteiger partial charge in [-0.1, -0.05) is 18.2 Å². The standard InChI is InChI=1S/C24H33N3O7S2/c1-24(2,3)34-23(28)27-14-12-18(13-15-27)17-25-35(29,30)19-8-7-9-20(16-19)36(31,32)26-21-10-5-6-11-22(21)33-4/h5-11,16,18,25-26H,12-15,17H2,1-4H3. The Morgan fingerprint density at radius 2 is 1.58 bits per heavy atom. The summed E-state index contributed by atoms with van der Waals surface area (Å²) in [5.41, 5.74) is -0.335. The summed E-state index contributed by atoms with van der Waals surface area (Å²) in [6.07, 6.45) is 0.874. The predicted molar refractivity (Wildman–Crippen MR) is 136 cm³/mol. The number of para-hydroxylation sites is 2. The van der Waals surface area contributed by atoms with Crippen LogP contribution in [0.1, 0.15) is 33.6 Å². The van der Waals surface area contributed by atoms with Crippen molar-refractivity contribution in [3.8, 4) is 5.75 Å². The molecule has 0 aliphatic carbocycles. The maximum atomic E-state index is 12.9. The number of benzene rings is 2. The molecule has 0 saturated carbocycles. The molecule has 2 aromatic carbocycles. The van der Waals surface area contributed by atoms with Gasteiger partial charge in [0.25, 0.3) is 10.0 Å². The number of anilines is 1. The highest BCUT2D eigenvalue weighted by Gasteiger charge is 2.28. The van der Waals surface area contributed by atoms with Crippen LogP contribution in [0.15, 0.2) is 58.3 Å². The first kappa shape index (κ1) is 27.8. The van der Waals surface area contributed by atoms with Crippen LogP contribution in [0.5, 0.6) is 5.75 Å². The third kappa shape index (κ3) is 7.34. The first-order chi connectivity index (χ1) is 16.8. The minimum atomic E-state index is -4.06. The maximum absolute atomic E-state index is 12.9. The molecule has 198 valence electrons. The van der Waals surface area contributed by atoms with Crippen LogP contribution in [0, 0.1) is 5.92 Å². The van der Waals surface area contributed by atoms with Crippen molar-refractivity contribution < 1.29 is 31.1 Å². The van der Waals surface area contributed by atoms with Gasteiger partial charge in [-0.25, -0.2) is 26.4 Å². The van der Waals surface area contributed by atoms with Crippen molar-refractivity contribution in [3.05, 3.63) is 48.5 Å². The number of sulfonamides is 2. The summed E-state index contributed by atoms with van der Waals surface area (Å²) in [5, 5.41) is 0. The lowest BCUT2D eigenvalue weighted by atomic mass is 9.97. The maximum Gasteiger partial charge on any atom is 0.410 e. The number of nitrogens with zero attached hydrogens (tertiary/aromatic N) is 1. The molecule has 0 aromatic heterocycles. The number of carbonyl (C=O) groups is 1. The van der Waals surface area contributed by atoms with Gasteiger partial charge in [-0.3, -0.25) is 4.72 Å². The number of methoxy groups -OCH3 is 1. The quantitative estimate of drug-likeness (QED) is 0.525. The summed E-state index contributed by atoms with van der Waals surface area (Å²) in [6.45, 7) is 6.55. The monoisotopic (exact) mass is 539 g/mol. The Labute approximate surface area is 213 Å². The summed E-state index contributed by atoms with van der Waals surface area (Å²) in [5.74, 6) is 0.377. The fourth-order valence-corrected chi connectivity index (χ4v) is 6.05. The normalized spacial score (nSPS) is 15.4. The number of piperidine rings is 1. The molecule has 0 unspecified atom stereocenters. The average Bonchev–Trinajstić information content (AvgIpc) is 2.82. The summed E-state index contributed by atoms with van der Waals surface area (Å²) in [6, 6.07) is 11.7. The molecular formula is C24H33N3O7S2. The molecule has 10 nitrogen and oxygen atoms in total. The molecule has 0 atom stereocenters. The molecule has 1 fully saturated rings. The Morgan fingerprint density at radius 1 is 0.972 bits per heavy atom. The lowest BCUT2D eigenvalue weighted by molar-refractivity contribution is 0.0185. The molecule has 1 aliphatic heterocycles.